The molecule has 2 fully saturated rings. The number of rotatable bonds is 7. The van der Waals surface area contributed by atoms with Crippen molar-refractivity contribution in [3.63, 3.8) is 0 Å². The monoisotopic (exact) mass is 744 g/mol. The van der Waals surface area contributed by atoms with E-state index in [0.29, 0.717) is 58.5 Å². The number of nitrogens with zero attached hydrogens (tertiary/aromatic N) is 5. The number of urea groups is 1. The number of benzene rings is 2. The van der Waals surface area contributed by atoms with Crippen LogP contribution in [-0.4, -0.2) is 63.0 Å². The van der Waals surface area contributed by atoms with Gasteiger partial charge in [-0.15, -0.1) is 0 Å². The molecule has 5 heterocycles. The molecule has 1 atom stereocenters. The highest BCUT2D eigenvalue weighted by atomic mass is 35.5. The zero-order valence-corrected chi connectivity index (χ0v) is 29.6. The Morgan fingerprint density at radius 1 is 1.02 bits per heavy atom. The summed E-state index contributed by atoms with van der Waals surface area (Å²) in [6, 6.07) is 13.8. The first-order valence-electron chi connectivity index (χ1n) is 16.6. The fourth-order valence-electron chi connectivity index (χ4n) is 7.41. The van der Waals surface area contributed by atoms with E-state index < -0.39 is 17.7 Å². The predicted molar refractivity (Wildman–Crippen MR) is 196 cm³/mol. The van der Waals surface area contributed by atoms with Crippen molar-refractivity contribution in [1.29, 1.82) is 0 Å². The molecule has 2 amide bonds. The quantitative estimate of drug-likeness (QED) is 0.161. The molecule has 1 spiro atoms. The zero-order chi connectivity index (χ0) is 36.3. The lowest BCUT2D eigenvalue weighted by atomic mass is 9.93. The second-order valence-corrected chi connectivity index (χ2v) is 13.9. The summed E-state index contributed by atoms with van der Waals surface area (Å²) in [6.45, 7) is 2.16. The highest BCUT2D eigenvalue weighted by Gasteiger charge is 2.43. The molecule has 0 radical (unpaired) electrons. The average molecular weight is 746 g/mol. The molecule has 1 aliphatic carbocycles. The van der Waals surface area contributed by atoms with Gasteiger partial charge < -0.3 is 25.6 Å². The van der Waals surface area contributed by atoms with E-state index in [0.717, 1.165) is 47.0 Å². The van der Waals surface area contributed by atoms with Crippen molar-refractivity contribution in [1.82, 2.24) is 35.3 Å². The van der Waals surface area contributed by atoms with Crippen LogP contribution in [0.15, 0.2) is 65.6 Å². The number of anilines is 2. The molecule has 2 saturated heterocycles. The summed E-state index contributed by atoms with van der Waals surface area (Å²) in [5, 5.41) is 13.9. The largest absolute Gasteiger partial charge is 0.480 e. The van der Waals surface area contributed by atoms with E-state index in [2.05, 4.69) is 37.0 Å². The first kappa shape index (κ1) is 33.9. The summed E-state index contributed by atoms with van der Waals surface area (Å²) in [5.41, 5.74) is 4.54. The Morgan fingerprint density at radius 2 is 1.79 bits per heavy atom. The standard InChI is InChI=1S/C37H32Cl2F2N8O3/c1-48-35(50)29-20(17-43-48)16-26(32(40)41)45-33(29)44-24-8-4-6-22(31(24)39)21-5-3-7-23(30(21)38)25-15-19-9-10-27(28(19)34(46-25)52-2)49-14-12-37(18-49)11-13-42-36(51)47-37/h3-8,10,15-17,32H,9,11-14,18H2,1-2H3,(H,44,45)(H2,42,47,51). The van der Waals surface area contributed by atoms with Crippen molar-refractivity contribution in [3.8, 4) is 28.3 Å². The van der Waals surface area contributed by atoms with Crippen LogP contribution in [0.5, 0.6) is 5.88 Å². The number of aryl methyl sites for hydroxylation is 1. The smallest absolute Gasteiger partial charge is 0.315 e. The van der Waals surface area contributed by atoms with E-state index in [9.17, 15) is 18.4 Å². The molecular weight excluding hydrogens is 713 g/mol. The number of pyridine rings is 2. The number of methoxy groups -OCH3 is 1. The number of amides is 2. The Balaban J connectivity index is 1.13. The van der Waals surface area contributed by atoms with Gasteiger partial charge in [-0.2, -0.15) is 5.10 Å². The molecule has 52 heavy (non-hydrogen) atoms. The minimum absolute atomic E-state index is 0.0679. The summed E-state index contributed by atoms with van der Waals surface area (Å²) in [4.78, 5) is 36.5. The molecule has 15 heteroatoms. The number of fused-ring (bicyclic) bond motifs is 2. The molecule has 3 aromatic heterocycles. The van der Waals surface area contributed by atoms with Gasteiger partial charge in [0.1, 0.15) is 11.5 Å². The van der Waals surface area contributed by atoms with Crippen LogP contribution in [0.3, 0.4) is 0 Å². The molecular formula is C37H32Cl2F2N8O3. The van der Waals surface area contributed by atoms with Crippen molar-refractivity contribution in [2.24, 2.45) is 7.05 Å². The predicted octanol–water partition coefficient (Wildman–Crippen LogP) is 7.10. The molecule has 0 bridgehead atoms. The molecule has 0 saturated carbocycles. The molecule has 2 aliphatic heterocycles. The average Bonchev–Trinajstić information content (AvgIpc) is 3.74. The Labute approximate surface area is 306 Å². The highest BCUT2D eigenvalue weighted by Crippen LogP contribution is 2.45. The second-order valence-electron chi connectivity index (χ2n) is 13.1. The summed E-state index contributed by atoms with van der Waals surface area (Å²) >= 11 is 14.1. The Kier molecular flexibility index (Phi) is 8.50. The maximum atomic E-state index is 13.8. The number of alkyl halides is 2. The Bertz CT molecular complexity index is 2390. The number of hydrogen-bond donors (Lipinski definition) is 3. The first-order valence-corrected chi connectivity index (χ1v) is 17.4. The number of nitrogens with one attached hydrogen (secondary N) is 3. The van der Waals surface area contributed by atoms with Crippen LogP contribution in [-0.2, 0) is 13.5 Å². The maximum absolute atomic E-state index is 13.8. The van der Waals surface area contributed by atoms with Gasteiger partial charge in [0.05, 0.1) is 51.2 Å². The SMILES string of the molecule is COc1nc(-c2cccc(-c3cccc(Nc4nc(C(F)F)cc5cnn(C)c(=O)c45)c3Cl)c2Cl)cc2c1C(N1CCC3(CCNC(=O)N3)C1)=CC2. The Hall–Kier alpha value is -5.27. The summed E-state index contributed by atoms with van der Waals surface area (Å²) in [5.74, 6) is 0.408. The van der Waals surface area contributed by atoms with Crippen LogP contribution in [0, 0.1) is 0 Å². The fourth-order valence-corrected chi connectivity index (χ4v) is 8.01. The van der Waals surface area contributed by atoms with Crippen molar-refractivity contribution < 1.29 is 18.3 Å². The molecule has 3 aliphatic rings. The third-order valence-electron chi connectivity index (χ3n) is 9.98. The van der Waals surface area contributed by atoms with Gasteiger partial charge in [-0.05, 0) is 43.0 Å². The number of ether oxygens (including phenoxy) is 1. The zero-order valence-electron chi connectivity index (χ0n) is 28.1. The van der Waals surface area contributed by atoms with Crippen molar-refractivity contribution in [2.45, 2.75) is 31.2 Å². The lowest BCUT2D eigenvalue weighted by Gasteiger charge is -2.35. The molecule has 3 N–H and O–H groups in total. The van der Waals surface area contributed by atoms with Gasteiger partial charge in [0.15, 0.2) is 0 Å². The van der Waals surface area contributed by atoms with Gasteiger partial charge in [-0.25, -0.2) is 28.2 Å². The summed E-state index contributed by atoms with van der Waals surface area (Å²) in [6.07, 6.45) is 3.04. The van der Waals surface area contributed by atoms with Crippen molar-refractivity contribution in [2.75, 3.05) is 32.1 Å². The van der Waals surface area contributed by atoms with E-state index in [4.69, 9.17) is 32.9 Å². The van der Waals surface area contributed by atoms with Gasteiger partial charge in [0, 0.05) is 54.5 Å². The molecule has 266 valence electrons. The molecule has 1 unspecified atom stereocenters. The number of carbonyl (C=O) groups is 1. The van der Waals surface area contributed by atoms with E-state index in [1.807, 2.05) is 24.3 Å². The molecule has 8 rings (SSSR count). The fraction of sp³-hybridized carbons (Fsp3) is 0.270. The van der Waals surface area contributed by atoms with Gasteiger partial charge >= 0.3 is 6.03 Å². The minimum atomic E-state index is -2.87. The van der Waals surface area contributed by atoms with Crippen LogP contribution < -0.4 is 26.2 Å². The Morgan fingerprint density at radius 3 is 2.56 bits per heavy atom. The number of aromatic nitrogens is 4. The van der Waals surface area contributed by atoms with Gasteiger partial charge in [0.25, 0.3) is 12.0 Å². The number of allylic oxidation sites excluding steroid dienone is 1. The van der Waals surface area contributed by atoms with E-state index in [1.165, 1.54) is 13.2 Å². The number of halogens is 4. The maximum Gasteiger partial charge on any atom is 0.315 e. The van der Waals surface area contributed by atoms with Crippen LogP contribution in [0.2, 0.25) is 10.0 Å². The summed E-state index contributed by atoms with van der Waals surface area (Å²) < 4.78 is 34.6. The van der Waals surface area contributed by atoms with E-state index in [-0.39, 0.29) is 33.2 Å². The van der Waals surface area contributed by atoms with Crippen molar-refractivity contribution >= 4 is 57.2 Å². The van der Waals surface area contributed by atoms with Gasteiger partial charge in [0.2, 0.25) is 5.88 Å². The van der Waals surface area contributed by atoms with E-state index in [1.54, 1.807) is 25.3 Å². The van der Waals surface area contributed by atoms with Gasteiger partial charge in [-0.3, -0.25) is 4.79 Å². The van der Waals surface area contributed by atoms with Crippen LogP contribution >= 0.6 is 23.2 Å². The van der Waals surface area contributed by atoms with Crippen LogP contribution in [0.1, 0.15) is 36.1 Å². The van der Waals surface area contributed by atoms with E-state index >= 15 is 0 Å². The lowest BCUT2D eigenvalue weighted by Crippen LogP contribution is -2.59. The van der Waals surface area contributed by atoms with Crippen LogP contribution in [0.25, 0.3) is 38.9 Å². The first-order chi connectivity index (χ1) is 25.1. The second kappa shape index (κ2) is 13.1. The number of carbonyl (C=O) groups excluding carboxylic acids is 1. The number of likely N-dealkylation sites (tertiary alicyclic amines) is 1. The highest BCUT2D eigenvalue weighted by molar-refractivity contribution is 6.39. The minimum Gasteiger partial charge on any atom is -0.480 e. The van der Waals surface area contributed by atoms with Gasteiger partial charge in [-0.1, -0.05) is 59.6 Å². The summed E-state index contributed by atoms with van der Waals surface area (Å²) in [7, 11) is 3.06. The molecule has 2 aromatic carbocycles. The normalized spacial score (nSPS) is 18.1. The number of hydrogen-bond acceptors (Lipinski definition) is 8. The van der Waals surface area contributed by atoms with Crippen molar-refractivity contribution in [3.05, 3.63) is 98.0 Å². The topological polar surface area (TPSA) is 126 Å². The third kappa shape index (κ3) is 5.77. The third-order valence-corrected chi connectivity index (χ3v) is 10.8. The van der Waals surface area contributed by atoms with Crippen LogP contribution in [0.4, 0.5) is 25.1 Å². The molecule has 11 nitrogen and oxygen atoms in total. The molecule has 5 aromatic rings. The lowest BCUT2D eigenvalue weighted by molar-refractivity contribution is 0.146.